The third-order valence-electron chi connectivity index (χ3n) is 6.19. The Balaban J connectivity index is 1.40. The highest BCUT2D eigenvalue weighted by molar-refractivity contribution is 5.75. The van der Waals surface area contributed by atoms with Crippen LogP contribution >= 0.6 is 0 Å². The summed E-state index contributed by atoms with van der Waals surface area (Å²) < 4.78 is 5.68. The molecule has 2 aromatic heterocycles. The molecule has 30 heavy (non-hydrogen) atoms. The first-order valence-electron chi connectivity index (χ1n) is 10.6. The minimum atomic E-state index is -0.0616. The lowest BCUT2D eigenvalue weighted by atomic mass is 9.90. The number of likely N-dealkylation sites (tertiary alicyclic amines) is 1. The van der Waals surface area contributed by atoms with E-state index in [2.05, 4.69) is 26.5 Å². The van der Waals surface area contributed by atoms with Crippen LogP contribution in [0.3, 0.4) is 0 Å². The monoisotopic (exact) mass is 403 g/mol. The van der Waals surface area contributed by atoms with Crippen LogP contribution < -0.4 is 5.32 Å². The normalized spacial score (nSPS) is 21.8. The zero-order valence-corrected chi connectivity index (χ0v) is 16.8. The summed E-state index contributed by atoms with van der Waals surface area (Å²) in [5.74, 6) is 1.15. The van der Waals surface area contributed by atoms with Crippen LogP contribution in [0.2, 0.25) is 0 Å². The number of urea groups is 1. The van der Waals surface area contributed by atoms with Gasteiger partial charge in [-0.05, 0) is 24.5 Å². The van der Waals surface area contributed by atoms with Crippen LogP contribution in [0.5, 0.6) is 0 Å². The highest BCUT2D eigenvalue weighted by atomic mass is 16.5. The number of aromatic nitrogens is 3. The van der Waals surface area contributed by atoms with Gasteiger partial charge in [-0.1, -0.05) is 54.4 Å². The molecule has 0 radical (unpaired) electrons. The molecule has 2 atom stereocenters. The van der Waals surface area contributed by atoms with Crippen LogP contribution in [0.25, 0.3) is 11.4 Å². The number of nitrogens with one attached hydrogen (secondary N) is 1. The fourth-order valence-corrected chi connectivity index (χ4v) is 4.58. The number of carbonyl (C=O) groups excluding carboxylic acids is 1. The first-order chi connectivity index (χ1) is 14.8. The largest absolute Gasteiger partial charge is 0.339 e. The molecule has 3 heterocycles. The molecule has 1 saturated carbocycles. The van der Waals surface area contributed by atoms with Crippen molar-refractivity contribution in [3.8, 4) is 11.4 Å². The van der Waals surface area contributed by atoms with Crippen LogP contribution in [0.4, 0.5) is 4.79 Å². The first kappa shape index (κ1) is 18.8. The summed E-state index contributed by atoms with van der Waals surface area (Å²) in [7, 11) is 0. The van der Waals surface area contributed by atoms with Gasteiger partial charge in [0.2, 0.25) is 11.7 Å². The molecule has 5 rings (SSSR count). The minimum Gasteiger partial charge on any atom is -0.339 e. The maximum atomic E-state index is 12.9. The van der Waals surface area contributed by atoms with Crippen molar-refractivity contribution in [2.24, 2.45) is 0 Å². The average Bonchev–Trinajstić information content (AvgIpc) is 3.55. The number of hydrogen-bond donors (Lipinski definition) is 1. The van der Waals surface area contributed by atoms with Gasteiger partial charge in [0.1, 0.15) is 0 Å². The molecule has 0 unspecified atom stereocenters. The molecule has 2 fully saturated rings. The molecular formula is C23H25N5O2. The Hall–Kier alpha value is -3.22. The van der Waals surface area contributed by atoms with Crippen molar-refractivity contribution in [3.05, 3.63) is 66.3 Å². The number of rotatable bonds is 4. The Morgan fingerprint density at radius 1 is 1.03 bits per heavy atom. The Bertz CT molecular complexity index is 985. The van der Waals surface area contributed by atoms with Crippen LogP contribution in [-0.4, -0.2) is 45.2 Å². The van der Waals surface area contributed by atoms with Gasteiger partial charge in [0, 0.05) is 43.0 Å². The third kappa shape index (κ3) is 3.79. The van der Waals surface area contributed by atoms with Crippen LogP contribution in [0, 0.1) is 0 Å². The van der Waals surface area contributed by atoms with E-state index in [1.165, 1.54) is 12.8 Å². The maximum absolute atomic E-state index is 12.9. The van der Waals surface area contributed by atoms with Gasteiger partial charge < -0.3 is 14.7 Å². The fraction of sp³-hybridized carbons (Fsp3) is 0.391. The van der Waals surface area contributed by atoms with Gasteiger partial charge in [0.25, 0.3) is 0 Å². The van der Waals surface area contributed by atoms with Gasteiger partial charge in [0.05, 0.1) is 5.92 Å². The van der Waals surface area contributed by atoms with E-state index in [1.807, 2.05) is 47.5 Å². The van der Waals surface area contributed by atoms with Crippen molar-refractivity contribution in [1.82, 2.24) is 25.3 Å². The molecule has 1 aromatic carbocycles. The lowest BCUT2D eigenvalue weighted by Crippen LogP contribution is -2.43. The second-order valence-electron chi connectivity index (χ2n) is 8.16. The van der Waals surface area contributed by atoms with E-state index < -0.39 is 0 Å². The van der Waals surface area contributed by atoms with E-state index in [9.17, 15) is 4.79 Å². The van der Waals surface area contributed by atoms with Crippen molar-refractivity contribution in [2.45, 2.75) is 43.6 Å². The van der Waals surface area contributed by atoms with Crippen LogP contribution in [-0.2, 0) is 0 Å². The summed E-state index contributed by atoms with van der Waals surface area (Å²) in [6.45, 7) is 1.16. The van der Waals surface area contributed by atoms with Crippen LogP contribution in [0.1, 0.15) is 49.0 Å². The maximum Gasteiger partial charge on any atom is 0.317 e. The Morgan fingerprint density at radius 3 is 2.60 bits per heavy atom. The average molecular weight is 403 g/mol. The molecule has 0 spiro atoms. The molecule has 1 N–H and O–H groups in total. The van der Waals surface area contributed by atoms with E-state index >= 15 is 0 Å². The lowest BCUT2D eigenvalue weighted by molar-refractivity contribution is 0.203. The molecule has 154 valence electrons. The SMILES string of the molecule is O=C(NC1CCCC1)N1C[C@@H](c2cccnc2)[C@H](c2nc(-c3ccccc3)no2)C1. The highest BCUT2D eigenvalue weighted by Gasteiger charge is 2.41. The molecule has 0 bridgehead atoms. The zero-order chi connectivity index (χ0) is 20.3. The van der Waals surface area contributed by atoms with E-state index in [0.717, 1.165) is 24.0 Å². The van der Waals surface area contributed by atoms with E-state index in [4.69, 9.17) is 4.52 Å². The minimum absolute atomic E-state index is 0.00101. The summed E-state index contributed by atoms with van der Waals surface area (Å²) in [5.41, 5.74) is 2.00. The molecule has 1 aliphatic heterocycles. The number of nitrogens with zero attached hydrogens (tertiary/aromatic N) is 4. The van der Waals surface area contributed by atoms with Gasteiger partial charge in [0.15, 0.2) is 0 Å². The Kier molecular flexibility index (Phi) is 5.17. The van der Waals surface area contributed by atoms with Gasteiger partial charge >= 0.3 is 6.03 Å². The van der Waals surface area contributed by atoms with Crippen molar-refractivity contribution >= 4 is 6.03 Å². The predicted molar refractivity (Wildman–Crippen MR) is 112 cm³/mol. The van der Waals surface area contributed by atoms with Crippen molar-refractivity contribution in [1.29, 1.82) is 0 Å². The van der Waals surface area contributed by atoms with E-state index in [0.29, 0.717) is 30.8 Å². The number of carbonyl (C=O) groups is 1. The second-order valence-corrected chi connectivity index (χ2v) is 8.16. The third-order valence-corrected chi connectivity index (χ3v) is 6.19. The molecule has 2 aliphatic rings. The summed E-state index contributed by atoms with van der Waals surface area (Å²) >= 11 is 0. The Morgan fingerprint density at radius 2 is 1.83 bits per heavy atom. The van der Waals surface area contributed by atoms with Crippen molar-refractivity contribution in [2.75, 3.05) is 13.1 Å². The smallest absolute Gasteiger partial charge is 0.317 e. The number of amides is 2. The fourth-order valence-electron chi connectivity index (χ4n) is 4.58. The molecule has 7 nitrogen and oxygen atoms in total. The summed E-state index contributed by atoms with van der Waals surface area (Å²) in [6.07, 6.45) is 8.15. The van der Waals surface area contributed by atoms with Gasteiger partial charge in [-0.2, -0.15) is 4.98 Å². The van der Waals surface area contributed by atoms with E-state index in [1.54, 1.807) is 6.20 Å². The lowest BCUT2D eigenvalue weighted by Gasteiger charge is -2.20. The Labute approximate surface area is 175 Å². The number of pyridine rings is 1. The molecular weight excluding hydrogens is 378 g/mol. The van der Waals surface area contributed by atoms with Gasteiger partial charge in [-0.25, -0.2) is 4.79 Å². The van der Waals surface area contributed by atoms with Gasteiger partial charge in [-0.3, -0.25) is 4.98 Å². The van der Waals surface area contributed by atoms with Crippen molar-refractivity contribution in [3.63, 3.8) is 0 Å². The first-order valence-corrected chi connectivity index (χ1v) is 10.6. The molecule has 1 aliphatic carbocycles. The number of hydrogen-bond acceptors (Lipinski definition) is 5. The number of benzene rings is 1. The summed E-state index contributed by atoms with van der Waals surface area (Å²) in [5, 5.41) is 7.39. The molecule has 7 heteroatoms. The zero-order valence-electron chi connectivity index (χ0n) is 16.8. The predicted octanol–water partition coefficient (Wildman–Crippen LogP) is 3.97. The van der Waals surface area contributed by atoms with Crippen molar-refractivity contribution < 1.29 is 9.32 Å². The highest BCUT2D eigenvalue weighted by Crippen LogP contribution is 2.39. The second kappa shape index (κ2) is 8.26. The topological polar surface area (TPSA) is 84.2 Å². The van der Waals surface area contributed by atoms with Crippen LogP contribution in [0.15, 0.2) is 59.4 Å². The molecule has 3 aromatic rings. The standard InChI is InChI=1S/C23H25N5O2/c29-23(25-18-10-4-5-11-18)28-14-19(17-9-6-12-24-13-17)20(15-28)22-26-21(27-30-22)16-7-2-1-3-8-16/h1-3,6-9,12-13,18-20H,4-5,10-11,14-15H2,(H,25,29)/t19-,20+/m0/s1. The quantitative estimate of drug-likeness (QED) is 0.713. The summed E-state index contributed by atoms with van der Waals surface area (Å²) in [4.78, 5) is 23.8. The molecule has 1 saturated heterocycles. The summed E-state index contributed by atoms with van der Waals surface area (Å²) in [6, 6.07) is 14.1. The van der Waals surface area contributed by atoms with E-state index in [-0.39, 0.29) is 17.9 Å². The van der Waals surface area contributed by atoms with Gasteiger partial charge in [-0.15, -0.1) is 0 Å². The molecule has 2 amide bonds.